The molecule has 5 aromatic rings. The number of nitrogens with two attached hydrogens (primary N) is 1. The molecule has 0 fully saturated rings. The lowest BCUT2D eigenvalue weighted by atomic mass is 9.90. The third kappa shape index (κ3) is 2.96. The highest BCUT2D eigenvalue weighted by atomic mass is 16.1. The average Bonchev–Trinajstić information content (AvgIpc) is 3.19. The first-order valence-corrected chi connectivity index (χ1v) is 11.0. The van der Waals surface area contributed by atoms with Gasteiger partial charge in [0.2, 0.25) is 5.91 Å². The summed E-state index contributed by atoms with van der Waals surface area (Å²) < 4.78 is 2.15. The van der Waals surface area contributed by atoms with Gasteiger partial charge in [-0.05, 0) is 17.7 Å². The molecule has 0 unspecified atom stereocenters. The molecular formula is C26H22N6O. The van der Waals surface area contributed by atoms with Crippen LogP contribution in [0.25, 0.3) is 44.3 Å². The van der Waals surface area contributed by atoms with Crippen molar-refractivity contribution in [1.82, 2.24) is 24.8 Å². The van der Waals surface area contributed by atoms with Crippen LogP contribution in [0.1, 0.15) is 24.9 Å². The molecule has 6 rings (SSSR count). The first-order chi connectivity index (χ1) is 16.2. The second kappa shape index (κ2) is 7.41. The SMILES string of the molecule is CCC(=O)N[C@H]1Cn2c(c(-c3cnc4ccccc4c3)c3c(N)ncnc32)-c2ccccc21. The second-order valence-corrected chi connectivity index (χ2v) is 8.27. The molecule has 1 aliphatic heterocycles. The van der Waals surface area contributed by atoms with Gasteiger partial charge in [0, 0.05) is 41.2 Å². The van der Waals surface area contributed by atoms with Gasteiger partial charge in [0.05, 0.1) is 22.6 Å². The molecule has 7 nitrogen and oxygen atoms in total. The van der Waals surface area contributed by atoms with Gasteiger partial charge in [0.25, 0.3) is 0 Å². The molecule has 4 heterocycles. The Bertz CT molecular complexity index is 1550. The molecule has 1 amide bonds. The van der Waals surface area contributed by atoms with Crippen LogP contribution in [0.2, 0.25) is 0 Å². The summed E-state index contributed by atoms with van der Waals surface area (Å²) in [6.07, 6.45) is 3.81. The summed E-state index contributed by atoms with van der Waals surface area (Å²) in [5.41, 5.74) is 13.2. The Morgan fingerprint density at radius 2 is 1.94 bits per heavy atom. The van der Waals surface area contributed by atoms with Crippen molar-refractivity contribution in [1.29, 1.82) is 0 Å². The lowest BCUT2D eigenvalue weighted by molar-refractivity contribution is -0.121. The van der Waals surface area contributed by atoms with E-state index in [2.05, 4.69) is 44.1 Å². The molecule has 3 N–H and O–H groups in total. The number of hydrogen-bond acceptors (Lipinski definition) is 5. The summed E-state index contributed by atoms with van der Waals surface area (Å²) in [5, 5.41) is 5.03. The summed E-state index contributed by atoms with van der Waals surface area (Å²) in [6.45, 7) is 2.42. The van der Waals surface area contributed by atoms with Gasteiger partial charge in [-0.1, -0.05) is 49.4 Å². The fourth-order valence-electron chi connectivity index (χ4n) is 4.86. The van der Waals surface area contributed by atoms with Crippen molar-refractivity contribution in [3.05, 3.63) is 72.7 Å². The molecule has 0 saturated carbocycles. The van der Waals surface area contributed by atoms with Crippen molar-refractivity contribution in [3.8, 4) is 22.4 Å². The van der Waals surface area contributed by atoms with E-state index >= 15 is 0 Å². The molecule has 0 radical (unpaired) electrons. The summed E-state index contributed by atoms with van der Waals surface area (Å²) in [5.74, 6) is 0.444. The number of anilines is 1. The van der Waals surface area contributed by atoms with Gasteiger partial charge in [-0.15, -0.1) is 0 Å². The standard InChI is InChI=1S/C26H22N6O/c1-2-21(33)31-20-13-32-24(18-9-5-4-8-17(18)20)22(23-25(27)29-14-30-26(23)32)16-11-15-7-3-6-10-19(15)28-12-16/h3-12,14,20H,2,13H2,1H3,(H,31,33)(H2,27,29,30)/t20-/m0/s1. The molecule has 1 atom stereocenters. The Kier molecular flexibility index (Phi) is 4.36. The maximum Gasteiger partial charge on any atom is 0.220 e. The number of fused-ring (bicyclic) bond motifs is 6. The van der Waals surface area contributed by atoms with E-state index in [1.54, 1.807) is 0 Å². The minimum atomic E-state index is -0.157. The number of carbonyl (C=O) groups excluding carboxylic acids is 1. The van der Waals surface area contributed by atoms with Crippen molar-refractivity contribution >= 4 is 33.7 Å². The molecule has 33 heavy (non-hydrogen) atoms. The van der Waals surface area contributed by atoms with E-state index in [0.29, 0.717) is 18.8 Å². The molecule has 3 aromatic heterocycles. The molecule has 0 spiro atoms. The zero-order valence-electron chi connectivity index (χ0n) is 18.1. The van der Waals surface area contributed by atoms with Gasteiger partial charge in [-0.25, -0.2) is 9.97 Å². The number of rotatable bonds is 3. The van der Waals surface area contributed by atoms with Crippen molar-refractivity contribution < 1.29 is 4.79 Å². The van der Waals surface area contributed by atoms with E-state index < -0.39 is 0 Å². The predicted molar refractivity (Wildman–Crippen MR) is 129 cm³/mol. The van der Waals surface area contributed by atoms with Gasteiger partial charge in [-0.3, -0.25) is 9.78 Å². The lowest BCUT2D eigenvalue weighted by Crippen LogP contribution is -2.33. The number of pyridine rings is 1. The van der Waals surface area contributed by atoms with Crippen LogP contribution in [0.15, 0.2) is 67.1 Å². The number of amides is 1. The second-order valence-electron chi connectivity index (χ2n) is 8.27. The van der Waals surface area contributed by atoms with E-state index in [9.17, 15) is 4.79 Å². The summed E-state index contributed by atoms with van der Waals surface area (Å²) in [7, 11) is 0. The molecule has 2 aromatic carbocycles. The molecule has 0 aliphatic carbocycles. The molecule has 1 aliphatic rings. The van der Waals surface area contributed by atoms with E-state index in [-0.39, 0.29) is 11.9 Å². The van der Waals surface area contributed by atoms with Gasteiger partial charge in [-0.2, -0.15) is 0 Å². The monoisotopic (exact) mass is 434 g/mol. The number of para-hydroxylation sites is 1. The molecule has 162 valence electrons. The van der Waals surface area contributed by atoms with Gasteiger partial charge >= 0.3 is 0 Å². The van der Waals surface area contributed by atoms with E-state index in [1.807, 2.05) is 43.5 Å². The molecule has 0 saturated heterocycles. The van der Waals surface area contributed by atoms with Gasteiger partial charge in [0.1, 0.15) is 17.8 Å². The van der Waals surface area contributed by atoms with Crippen LogP contribution in [-0.2, 0) is 11.3 Å². The highest BCUT2D eigenvalue weighted by Crippen LogP contribution is 2.47. The van der Waals surface area contributed by atoms with Crippen LogP contribution in [0.4, 0.5) is 5.82 Å². The average molecular weight is 435 g/mol. The summed E-state index contributed by atoms with van der Waals surface area (Å²) in [4.78, 5) is 25.9. The minimum absolute atomic E-state index is 0.0165. The normalized spacial score (nSPS) is 14.8. The highest BCUT2D eigenvalue weighted by Gasteiger charge is 2.32. The fourth-order valence-corrected chi connectivity index (χ4v) is 4.86. The number of nitrogens with zero attached hydrogens (tertiary/aromatic N) is 4. The number of nitrogens with one attached hydrogen (secondary N) is 1. The number of hydrogen-bond donors (Lipinski definition) is 2. The Hall–Kier alpha value is -4.26. The van der Waals surface area contributed by atoms with Crippen LogP contribution in [-0.4, -0.2) is 25.4 Å². The van der Waals surface area contributed by atoms with Crippen molar-refractivity contribution in [2.75, 3.05) is 5.73 Å². The van der Waals surface area contributed by atoms with Crippen LogP contribution in [0.5, 0.6) is 0 Å². The third-order valence-electron chi connectivity index (χ3n) is 6.36. The minimum Gasteiger partial charge on any atom is -0.383 e. The summed E-state index contributed by atoms with van der Waals surface area (Å²) in [6, 6.07) is 18.2. The Morgan fingerprint density at radius 1 is 1.12 bits per heavy atom. The Morgan fingerprint density at radius 3 is 2.82 bits per heavy atom. The zero-order chi connectivity index (χ0) is 22.5. The van der Waals surface area contributed by atoms with Crippen LogP contribution >= 0.6 is 0 Å². The largest absolute Gasteiger partial charge is 0.383 e. The number of carbonyl (C=O) groups is 1. The van der Waals surface area contributed by atoms with E-state index in [0.717, 1.165) is 49.9 Å². The fraction of sp³-hybridized carbons (Fsp3) is 0.154. The number of aromatic nitrogens is 4. The van der Waals surface area contributed by atoms with Gasteiger partial charge < -0.3 is 15.6 Å². The van der Waals surface area contributed by atoms with Crippen molar-refractivity contribution in [2.24, 2.45) is 0 Å². The quantitative estimate of drug-likeness (QED) is 0.436. The van der Waals surface area contributed by atoms with E-state index in [1.165, 1.54) is 6.33 Å². The highest BCUT2D eigenvalue weighted by molar-refractivity contribution is 6.09. The number of benzene rings is 2. The summed E-state index contributed by atoms with van der Waals surface area (Å²) >= 11 is 0. The lowest BCUT2D eigenvalue weighted by Gasteiger charge is -2.29. The Balaban J connectivity index is 1.67. The van der Waals surface area contributed by atoms with Crippen molar-refractivity contribution in [3.63, 3.8) is 0 Å². The molecule has 7 heteroatoms. The van der Waals surface area contributed by atoms with Crippen LogP contribution in [0.3, 0.4) is 0 Å². The number of nitrogen functional groups attached to an aromatic ring is 1. The maximum absolute atomic E-state index is 12.3. The van der Waals surface area contributed by atoms with Crippen LogP contribution < -0.4 is 11.1 Å². The third-order valence-corrected chi connectivity index (χ3v) is 6.36. The smallest absolute Gasteiger partial charge is 0.220 e. The Labute approximate surface area is 190 Å². The van der Waals surface area contributed by atoms with Crippen molar-refractivity contribution in [2.45, 2.75) is 25.9 Å². The maximum atomic E-state index is 12.3. The molecule has 0 bridgehead atoms. The molecular weight excluding hydrogens is 412 g/mol. The van der Waals surface area contributed by atoms with Gasteiger partial charge in [0.15, 0.2) is 0 Å². The van der Waals surface area contributed by atoms with E-state index in [4.69, 9.17) is 10.7 Å². The van der Waals surface area contributed by atoms with Crippen LogP contribution in [0, 0.1) is 0 Å². The predicted octanol–water partition coefficient (Wildman–Crippen LogP) is 4.48. The zero-order valence-corrected chi connectivity index (χ0v) is 18.1. The topological polar surface area (TPSA) is 98.7 Å². The first kappa shape index (κ1) is 19.4. The first-order valence-electron chi connectivity index (χ1n) is 11.0.